The van der Waals surface area contributed by atoms with Crippen molar-refractivity contribution < 1.29 is 28.7 Å². The minimum atomic E-state index is -1.000. The van der Waals surface area contributed by atoms with Crippen LogP contribution in [0, 0.1) is 22.7 Å². The molecule has 0 spiro atoms. The number of piperidine rings is 1. The SMILES string of the molecule is CCCC(NC(=O)[C@@H]1[C@@H]2[C@H](CN1C(=O)[C@@H](NC(=O)OC(C)(C)C)C(C)(C)C)C2(C)C)C(=O)C(=O)NCC=C(C)C. The predicted molar refractivity (Wildman–Crippen MR) is 153 cm³/mol. The maximum absolute atomic E-state index is 14.0. The van der Waals surface area contributed by atoms with Crippen LogP contribution >= 0.6 is 0 Å². The van der Waals surface area contributed by atoms with Crippen molar-refractivity contribution in [2.45, 2.75) is 113 Å². The first kappa shape index (κ1) is 33.3. The van der Waals surface area contributed by atoms with Gasteiger partial charge in [0.15, 0.2) is 0 Å². The zero-order valence-electron chi connectivity index (χ0n) is 26.2. The predicted octanol–water partition coefficient (Wildman–Crippen LogP) is 3.35. The summed E-state index contributed by atoms with van der Waals surface area (Å²) in [6, 6.07) is -2.76. The van der Waals surface area contributed by atoms with E-state index >= 15 is 0 Å². The minimum Gasteiger partial charge on any atom is -0.444 e. The molecule has 0 aromatic heterocycles. The Kier molecular flexibility index (Phi) is 10.2. The Hall–Kier alpha value is -2.91. The normalized spacial score (nSPS) is 22.8. The van der Waals surface area contributed by atoms with Crippen molar-refractivity contribution >= 4 is 29.6 Å². The number of rotatable bonds is 10. The molecule has 0 aromatic rings. The van der Waals surface area contributed by atoms with Crippen LogP contribution in [-0.2, 0) is 23.9 Å². The highest BCUT2D eigenvalue weighted by atomic mass is 16.6. The smallest absolute Gasteiger partial charge is 0.408 e. The Morgan fingerprint density at radius 2 is 1.62 bits per heavy atom. The number of nitrogens with one attached hydrogen (secondary N) is 3. The molecule has 0 radical (unpaired) electrons. The van der Waals surface area contributed by atoms with Crippen LogP contribution in [0.4, 0.5) is 4.79 Å². The summed E-state index contributed by atoms with van der Waals surface area (Å²) in [5.41, 5.74) is -0.550. The molecule has 10 heteroatoms. The summed E-state index contributed by atoms with van der Waals surface area (Å²) in [6.45, 7) is 21.1. The number of likely N-dealkylation sites (tertiary alicyclic amines) is 1. The van der Waals surface area contributed by atoms with Gasteiger partial charge < -0.3 is 25.6 Å². The third-order valence-corrected chi connectivity index (χ3v) is 7.74. The molecule has 2 aliphatic rings. The van der Waals surface area contributed by atoms with E-state index in [1.54, 1.807) is 26.8 Å². The Morgan fingerprint density at radius 1 is 1.02 bits per heavy atom. The van der Waals surface area contributed by atoms with E-state index in [-0.39, 0.29) is 29.7 Å². The van der Waals surface area contributed by atoms with Crippen LogP contribution in [0.3, 0.4) is 0 Å². The van der Waals surface area contributed by atoms with Crippen molar-refractivity contribution in [3.05, 3.63) is 11.6 Å². The van der Waals surface area contributed by atoms with Crippen molar-refractivity contribution in [1.82, 2.24) is 20.9 Å². The highest BCUT2D eigenvalue weighted by Crippen LogP contribution is 2.65. The fourth-order valence-corrected chi connectivity index (χ4v) is 5.46. The van der Waals surface area contributed by atoms with E-state index < -0.39 is 52.8 Å². The highest BCUT2D eigenvalue weighted by molar-refractivity contribution is 6.38. The van der Waals surface area contributed by atoms with Crippen LogP contribution in [0.2, 0.25) is 0 Å². The van der Waals surface area contributed by atoms with Gasteiger partial charge in [-0.05, 0) is 63.7 Å². The van der Waals surface area contributed by atoms with Gasteiger partial charge in [0.2, 0.25) is 17.6 Å². The summed E-state index contributed by atoms with van der Waals surface area (Å²) in [5, 5.41) is 8.11. The molecule has 10 nitrogen and oxygen atoms in total. The molecule has 1 aliphatic carbocycles. The van der Waals surface area contributed by atoms with Crippen LogP contribution in [-0.4, -0.2) is 71.3 Å². The van der Waals surface area contributed by atoms with Crippen LogP contribution in [0.15, 0.2) is 11.6 Å². The highest BCUT2D eigenvalue weighted by Gasteiger charge is 2.70. The molecule has 1 saturated carbocycles. The molecular weight excluding hydrogens is 512 g/mol. The van der Waals surface area contributed by atoms with E-state index in [0.29, 0.717) is 19.4 Å². The molecule has 0 bridgehead atoms. The van der Waals surface area contributed by atoms with Gasteiger partial charge in [0.05, 0.1) is 6.04 Å². The van der Waals surface area contributed by atoms with Crippen LogP contribution in [0.5, 0.6) is 0 Å². The number of amides is 4. The number of ketones is 1. The van der Waals surface area contributed by atoms with Gasteiger partial charge in [-0.25, -0.2) is 4.79 Å². The molecule has 1 saturated heterocycles. The molecular formula is C30H50N4O6. The molecule has 1 unspecified atom stereocenters. The molecule has 4 amide bonds. The number of allylic oxidation sites excluding steroid dienone is 1. The van der Waals surface area contributed by atoms with Gasteiger partial charge in [0.1, 0.15) is 17.7 Å². The summed E-state index contributed by atoms with van der Waals surface area (Å²) < 4.78 is 5.40. The standard InChI is InChI=1S/C30H50N4O6/c1-12-13-19(22(35)25(37)31-15-14-17(2)3)32-24(36)21-20-18(30(20,10)11)16-34(21)26(38)23(28(4,5)6)33-27(39)40-29(7,8)9/h14,18-21,23H,12-13,15-16H2,1-11H3,(H,31,37)(H,32,36)(H,33,39)/t18-,19?,20-,21-,23+/m0/s1. The molecule has 1 heterocycles. The lowest BCUT2D eigenvalue weighted by Crippen LogP contribution is -2.60. The van der Waals surface area contributed by atoms with Gasteiger partial charge in [-0.1, -0.05) is 59.6 Å². The lowest BCUT2D eigenvalue weighted by Gasteiger charge is -2.38. The molecule has 3 N–H and O–H groups in total. The molecule has 40 heavy (non-hydrogen) atoms. The maximum Gasteiger partial charge on any atom is 0.408 e. The fraction of sp³-hybridized carbons (Fsp3) is 0.767. The van der Waals surface area contributed by atoms with Gasteiger partial charge in [-0.15, -0.1) is 0 Å². The quantitative estimate of drug-likeness (QED) is 0.276. The number of carbonyl (C=O) groups is 5. The summed E-state index contributed by atoms with van der Waals surface area (Å²) in [4.78, 5) is 67.4. The largest absolute Gasteiger partial charge is 0.444 e. The monoisotopic (exact) mass is 562 g/mol. The Balaban J connectivity index is 2.28. The summed E-state index contributed by atoms with van der Waals surface area (Å²) >= 11 is 0. The number of alkyl carbamates (subject to hydrolysis) is 1. The fourth-order valence-electron chi connectivity index (χ4n) is 5.46. The molecule has 2 fully saturated rings. The van der Waals surface area contributed by atoms with Gasteiger partial charge >= 0.3 is 6.09 Å². The third-order valence-electron chi connectivity index (χ3n) is 7.74. The summed E-state index contributed by atoms with van der Waals surface area (Å²) in [6.07, 6.45) is 1.96. The number of carbonyl (C=O) groups excluding carboxylic acids is 5. The summed E-state index contributed by atoms with van der Waals surface area (Å²) in [7, 11) is 0. The number of fused-ring (bicyclic) bond motifs is 1. The zero-order valence-corrected chi connectivity index (χ0v) is 26.2. The molecule has 226 valence electrons. The first-order chi connectivity index (χ1) is 18.2. The van der Waals surface area contributed by atoms with Crippen molar-refractivity contribution in [3.8, 4) is 0 Å². The first-order valence-corrected chi connectivity index (χ1v) is 14.3. The Morgan fingerprint density at radius 3 is 2.12 bits per heavy atom. The molecule has 1 aliphatic heterocycles. The Labute approximate surface area is 239 Å². The number of hydrogen-bond donors (Lipinski definition) is 3. The van der Waals surface area contributed by atoms with E-state index in [4.69, 9.17) is 4.74 Å². The van der Waals surface area contributed by atoms with E-state index in [0.717, 1.165) is 5.57 Å². The minimum absolute atomic E-state index is 0.0949. The van der Waals surface area contributed by atoms with Crippen LogP contribution in [0.1, 0.15) is 89.0 Å². The van der Waals surface area contributed by atoms with Crippen molar-refractivity contribution in [2.24, 2.45) is 22.7 Å². The average molecular weight is 563 g/mol. The van der Waals surface area contributed by atoms with Gasteiger partial charge in [0, 0.05) is 13.1 Å². The second kappa shape index (κ2) is 12.3. The number of Topliss-reactive ketones (excluding diaryl/α,β-unsaturated/α-hetero) is 1. The third kappa shape index (κ3) is 8.07. The van der Waals surface area contributed by atoms with Crippen LogP contribution < -0.4 is 16.0 Å². The van der Waals surface area contributed by atoms with E-state index in [2.05, 4.69) is 29.8 Å². The first-order valence-electron chi connectivity index (χ1n) is 14.3. The number of ether oxygens (including phenoxy) is 1. The topological polar surface area (TPSA) is 134 Å². The van der Waals surface area contributed by atoms with E-state index in [9.17, 15) is 24.0 Å². The molecule has 2 rings (SSSR count). The van der Waals surface area contributed by atoms with E-state index in [1.807, 2.05) is 41.5 Å². The molecule has 0 aromatic carbocycles. The number of hydrogen-bond acceptors (Lipinski definition) is 6. The Bertz CT molecular complexity index is 1030. The van der Waals surface area contributed by atoms with Gasteiger partial charge in [-0.2, -0.15) is 0 Å². The van der Waals surface area contributed by atoms with Crippen molar-refractivity contribution in [2.75, 3.05) is 13.1 Å². The maximum atomic E-state index is 14.0. The van der Waals surface area contributed by atoms with Gasteiger partial charge in [0.25, 0.3) is 5.91 Å². The second-order valence-corrected chi connectivity index (χ2v) is 14.0. The number of nitrogens with zero attached hydrogens (tertiary/aromatic N) is 1. The average Bonchev–Trinajstić information content (AvgIpc) is 3.13. The van der Waals surface area contributed by atoms with Gasteiger partial charge in [-0.3, -0.25) is 19.2 Å². The zero-order chi connectivity index (χ0) is 30.8. The lowest BCUT2D eigenvalue weighted by molar-refractivity contribution is -0.145. The summed E-state index contributed by atoms with van der Waals surface area (Å²) in [5.74, 6) is -2.28. The molecule has 5 atom stereocenters. The van der Waals surface area contributed by atoms with E-state index in [1.165, 1.54) is 4.90 Å². The lowest BCUT2D eigenvalue weighted by atomic mass is 9.85. The second-order valence-electron chi connectivity index (χ2n) is 14.0. The van der Waals surface area contributed by atoms with Crippen molar-refractivity contribution in [1.29, 1.82) is 0 Å². The van der Waals surface area contributed by atoms with Crippen LogP contribution in [0.25, 0.3) is 0 Å². The van der Waals surface area contributed by atoms with Crippen molar-refractivity contribution in [3.63, 3.8) is 0 Å².